The molecule has 1 aromatic heterocycles. The van der Waals surface area contributed by atoms with Crippen LogP contribution in [-0.2, 0) is 27.5 Å². The monoisotopic (exact) mass is 503 g/mol. The lowest BCUT2D eigenvalue weighted by Gasteiger charge is -2.33. The molecule has 192 valence electrons. The molecule has 0 aliphatic carbocycles. The smallest absolute Gasteiger partial charge is 0.410 e. The number of nitrogens with zero attached hydrogens (tertiary/aromatic N) is 3. The molecular weight excluding hydrogens is 466 g/mol. The number of carbonyl (C=O) groups excluding carboxylic acids is 1. The molecule has 2 heterocycles. The first-order valence-corrected chi connectivity index (χ1v) is 14.1. The zero-order chi connectivity index (χ0) is 25.5. The Morgan fingerprint density at radius 1 is 1.14 bits per heavy atom. The van der Waals surface area contributed by atoms with Crippen LogP contribution in [0.2, 0.25) is 0 Å². The number of likely N-dealkylation sites (tertiary alicyclic amines) is 1. The molecule has 0 unspecified atom stereocenters. The van der Waals surface area contributed by atoms with Crippen LogP contribution in [0.3, 0.4) is 0 Å². The van der Waals surface area contributed by atoms with E-state index in [1.807, 2.05) is 51.1 Å². The van der Waals surface area contributed by atoms with Crippen LogP contribution < -0.4 is 10.6 Å². The van der Waals surface area contributed by atoms with Gasteiger partial charge in [-0.25, -0.2) is 23.2 Å². The molecule has 1 aromatic carbocycles. The van der Waals surface area contributed by atoms with E-state index >= 15 is 0 Å². The van der Waals surface area contributed by atoms with Crippen molar-refractivity contribution in [1.29, 1.82) is 0 Å². The number of ether oxygens (including phenoxy) is 1. The highest BCUT2D eigenvalue weighted by atomic mass is 32.2. The summed E-state index contributed by atoms with van der Waals surface area (Å²) in [6, 6.07) is 9.59. The van der Waals surface area contributed by atoms with E-state index in [2.05, 4.69) is 20.6 Å². The summed E-state index contributed by atoms with van der Waals surface area (Å²) in [7, 11) is -2.97. The van der Waals surface area contributed by atoms with Gasteiger partial charge in [-0.2, -0.15) is 0 Å². The Balaban J connectivity index is 1.41. The minimum atomic E-state index is -2.97. The SMILES string of the molecule is CC(C)(C)OC(=O)N1CCC(CNCc2cc(Nc3ccc(CCS(C)(=O)=O)cc3)ncn2)CC1. The number of sulfone groups is 1. The lowest BCUT2D eigenvalue weighted by Crippen LogP contribution is -2.43. The summed E-state index contributed by atoms with van der Waals surface area (Å²) in [6.45, 7) is 8.59. The number of benzene rings is 1. The van der Waals surface area contributed by atoms with Crippen LogP contribution in [-0.4, -0.2) is 66.6 Å². The third-order valence-electron chi connectivity index (χ3n) is 5.72. The molecule has 0 spiro atoms. The summed E-state index contributed by atoms with van der Waals surface area (Å²) < 4.78 is 28.1. The van der Waals surface area contributed by atoms with Crippen LogP contribution in [0.25, 0.3) is 0 Å². The van der Waals surface area contributed by atoms with Crippen LogP contribution in [0.15, 0.2) is 36.7 Å². The summed E-state index contributed by atoms with van der Waals surface area (Å²) in [5.74, 6) is 1.35. The maximum absolute atomic E-state index is 12.2. The van der Waals surface area contributed by atoms with Crippen molar-refractivity contribution in [3.05, 3.63) is 47.9 Å². The quantitative estimate of drug-likeness (QED) is 0.534. The number of hydrogen-bond acceptors (Lipinski definition) is 8. The molecule has 1 saturated heterocycles. The van der Waals surface area contributed by atoms with Crippen LogP contribution in [0.5, 0.6) is 0 Å². The van der Waals surface area contributed by atoms with Gasteiger partial charge in [0.1, 0.15) is 27.6 Å². The molecule has 0 radical (unpaired) electrons. The predicted octanol–water partition coefficient (Wildman–Crippen LogP) is 3.54. The van der Waals surface area contributed by atoms with Crippen molar-refractivity contribution in [2.24, 2.45) is 5.92 Å². The Hall–Kier alpha value is -2.72. The second-order valence-corrected chi connectivity index (χ2v) is 12.4. The maximum Gasteiger partial charge on any atom is 0.410 e. The molecule has 1 amide bonds. The lowest BCUT2D eigenvalue weighted by molar-refractivity contribution is 0.0184. The highest BCUT2D eigenvalue weighted by Crippen LogP contribution is 2.20. The number of anilines is 2. The second kappa shape index (κ2) is 11.8. The number of amides is 1. The molecule has 1 aliphatic heterocycles. The third-order valence-corrected chi connectivity index (χ3v) is 6.66. The largest absolute Gasteiger partial charge is 0.444 e. The first kappa shape index (κ1) is 26.9. The number of carbonyl (C=O) groups is 1. The minimum Gasteiger partial charge on any atom is -0.444 e. The van der Waals surface area contributed by atoms with E-state index in [1.165, 1.54) is 6.26 Å². The Kier molecular flexibility index (Phi) is 9.07. The Labute approximate surface area is 208 Å². The first-order valence-electron chi connectivity index (χ1n) is 12.0. The van der Waals surface area contributed by atoms with E-state index in [-0.39, 0.29) is 11.8 Å². The topological polar surface area (TPSA) is 114 Å². The summed E-state index contributed by atoms with van der Waals surface area (Å²) in [5.41, 5.74) is 2.27. The number of rotatable bonds is 9. The van der Waals surface area contributed by atoms with Gasteiger partial charge in [0, 0.05) is 37.6 Å². The third kappa shape index (κ3) is 9.81. The zero-order valence-electron chi connectivity index (χ0n) is 21.1. The number of nitrogens with one attached hydrogen (secondary N) is 2. The molecule has 0 bridgehead atoms. The fraction of sp³-hybridized carbons (Fsp3) is 0.560. The Morgan fingerprint density at radius 2 is 1.83 bits per heavy atom. The number of piperidine rings is 1. The van der Waals surface area contributed by atoms with Crippen molar-refractivity contribution < 1.29 is 17.9 Å². The van der Waals surface area contributed by atoms with Gasteiger partial charge in [0.05, 0.1) is 11.4 Å². The summed E-state index contributed by atoms with van der Waals surface area (Å²) in [5, 5.41) is 6.75. The number of aryl methyl sites for hydroxylation is 1. The summed E-state index contributed by atoms with van der Waals surface area (Å²) in [4.78, 5) is 22.7. The number of hydrogen-bond donors (Lipinski definition) is 2. The molecule has 0 atom stereocenters. The molecule has 0 saturated carbocycles. The fourth-order valence-electron chi connectivity index (χ4n) is 3.82. The molecule has 2 aromatic rings. The van der Waals surface area contributed by atoms with E-state index < -0.39 is 15.4 Å². The van der Waals surface area contributed by atoms with E-state index in [0.29, 0.717) is 24.7 Å². The maximum atomic E-state index is 12.2. The lowest BCUT2D eigenvalue weighted by atomic mass is 9.97. The highest BCUT2D eigenvalue weighted by molar-refractivity contribution is 7.90. The van der Waals surface area contributed by atoms with E-state index in [0.717, 1.165) is 49.4 Å². The average Bonchev–Trinajstić information content (AvgIpc) is 2.78. The van der Waals surface area contributed by atoms with Gasteiger partial charge in [-0.3, -0.25) is 0 Å². The Morgan fingerprint density at radius 3 is 2.46 bits per heavy atom. The molecule has 3 rings (SSSR count). The Bertz CT molecular complexity index is 1080. The van der Waals surface area contributed by atoms with Crippen LogP contribution >= 0.6 is 0 Å². The molecule has 2 N–H and O–H groups in total. The molecule has 10 heteroatoms. The van der Waals surface area contributed by atoms with Gasteiger partial charge in [-0.1, -0.05) is 12.1 Å². The van der Waals surface area contributed by atoms with Crippen molar-refractivity contribution in [1.82, 2.24) is 20.2 Å². The molecule has 35 heavy (non-hydrogen) atoms. The second-order valence-electron chi connectivity index (χ2n) is 10.1. The number of aromatic nitrogens is 2. The van der Waals surface area contributed by atoms with E-state index in [1.54, 1.807) is 11.2 Å². The van der Waals surface area contributed by atoms with Crippen molar-refractivity contribution >= 4 is 27.4 Å². The van der Waals surface area contributed by atoms with Crippen molar-refractivity contribution in [3.63, 3.8) is 0 Å². The molecule has 1 aliphatic rings. The van der Waals surface area contributed by atoms with Crippen LogP contribution in [0, 0.1) is 5.92 Å². The molecular formula is C25H37N5O4S. The van der Waals surface area contributed by atoms with Crippen LogP contribution in [0.4, 0.5) is 16.3 Å². The normalized spacial score (nSPS) is 15.1. The molecule has 9 nitrogen and oxygen atoms in total. The van der Waals surface area contributed by atoms with Crippen molar-refractivity contribution in [2.75, 3.05) is 37.0 Å². The van der Waals surface area contributed by atoms with Gasteiger partial charge in [0.15, 0.2) is 0 Å². The highest BCUT2D eigenvalue weighted by Gasteiger charge is 2.26. The van der Waals surface area contributed by atoms with Gasteiger partial charge in [0.25, 0.3) is 0 Å². The van der Waals surface area contributed by atoms with E-state index in [9.17, 15) is 13.2 Å². The average molecular weight is 504 g/mol. The zero-order valence-corrected chi connectivity index (χ0v) is 21.9. The first-order chi connectivity index (χ1) is 16.5. The van der Waals surface area contributed by atoms with Gasteiger partial charge in [0.2, 0.25) is 0 Å². The van der Waals surface area contributed by atoms with Gasteiger partial charge in [-0.05, 0) is 70.2 Å². The standard InChI is InChI=1S/C25H37N5O4S/c1-25(2,3)34-24(31)30-12-9-20(10-13-30)16-26-17-22-15-23(28-18-27-22)29-21-7-5-19(6-8-21)11-14-35(4,32)33/h5-8,15,18,20,26H,9-14,16-17H2,1-4H3,(H,27,28,29). The van der Waals surface area contributed by atoms with Gasteiger partial charge in [-0.15, -0.1) is 0 Å². The minimum absolute atomic E-state index is 0.144. The fourth-order valence-corrected chi connectivity index (χ4v) is 4.43. The van der Waals surface area contributed by atoms with Gasteiger partial charge < -0.3 is 20.3 Å². The van der Waals surface area contributed by atoms with Crippen molar-refractivity contribution in [3.8, 4) is 0 Å². The summed E-state index contributed by atoms with van der Waals surface area (Å²) >= 11 is 0. The predicted molar refractivity (Wildman–Crippen MR) is 137 cm³/mol. The molecule has 1 fully saturated rings. The van der Waals surface area contributed by atoms with E-state index in [4.69, 9.17) is 4.74 Å². The van der Waals surface area contributed by atoms with Gasteiger partial charge >= 0.3 is 6.09 Å². The summed E-state index contributed by atoms with van der Waals surface area (Å²) in [6.07, 6.45) is 4.96. The van der Waals surface area contributed by atoms with Crippen molar-refractivity contribution in [2.45, 2.75) is 52.2 Å². The van der Waals surface area contributed by atoms with Crippen LogP contribution in [0.1, 0.15) is 44.9 Å².